The number of hydrogen-bond donors (Lipinski definition) is 2. The van der Waals surface area contributed by atoms with E-state index in [1.54, 1.807) is 23.0 Å². The summed E-state index contributed by atoms with van der Waals surface area (Å²) in [5.74, 6) is -0.500. The monoisotopic (exact) mass is 250 g/mol. The number of anilines is 1. The number of aromatic nitrogens is 2. The number of amides is 1. The molecule has 0 unspecified atom stereocenters. The molecule has 0 bridgehead atoms. The van der Waals surface area contributed by atoms with Gasteiger partial charge in [-0.3, -0.25) is 9.48 Å². The number of halogens is 1. The zero-order valence-corrected chi connectivity index (χ0v) is 9.69. The Hall–Kier alpha value is -2.01. The van der Waals surface area contributed by atoms with Crippen molar-refractivity contribution >= 4 is 23.2 Å². The predicted octanol–water partition coefficient (Wildman–Crippen LogP) is 1.27. The van der Waals surface area contributed by atoms with E-state index in [1.165, 1.54) is 6.20 Å². The number of carbonyl (C=O) groups is 1. The molecule has 1 heterocycles. The summed E-state index contributed by atoms with van der Waals surface area (Å²) in [7, 11) is 0. The molecule has 0 aliphatic rings. The third-order valence-corrected chi connectivity index (χ3v) is 2.68. The summed E-state index contributed by atoms with van der Waals surface area (Å²) in [6.07, 6.45) is 3.00. The Bertz CT molecular complexity index is 564. The maximum Gasteiger partial charge on any atom is 0.251 e. The quantitative estimate of drug-likeness (QED) is 0.804. The highest BCUT2D eigenvalue weighted by Gasteiger charge is 2.06. The molecular formula is C11H11ClN4O. The van der Waals surface area contributed by atoms with Gasteiger partial charge in [0.2, 0.25) is 0 Å². The van der Waals surface area contributed by atoms with Crippen molar-refractivity contribution in [3.05, 3.63) is 46.7 Å². The van der Waals surface area contributed by atoms with Crippen LogP contribution in [0.5, 0.6) is 0 Å². The highest BCUT2D eigenvalue weighted by atomic mass is 35.5. The van der Waals surface area contributed by atoms with Crippen LogP contribution in [0.1, 0.15) is 15.9 Å². The Labute approximate surface area is 103 Å². The van der Waals surface area contributed by atoms with Crippen molar-refractivity contribution in [3.63, 3.8) is 0 Å². The van der Waals surface area contributed by atoms with Crippen molar-refractivity contribution < 1.29 is 4.79 Å². The number of carbonyl (C=O) groups excluding carboxylic acids is 1. The summed E-state index contributed by atoms with van der Waals surface area (Å²) in [4.78, 5) is 10.9. The summed E-state index contributed by atoms with van der Waals surface area (Å²) >= 11 is 6.04. The summed E-state index contributed by atoms with van der Waals surface area (Å²) < 4.78 is 1.59. The molecule has 0 radical (unpaired) electrons. The lowest BCUT2D eigenvalue weighted by Crippen LogP contribution is -2.09. The van der Waals surface area contributed by atoms with Gasteiger partial charge in [-0.15, -0.1) is 0 Å². The van der Waals surface area contributed by atoms with Crippen LogP contribution in [0.15, 0.2) is 30.6 Å². The molecule has 0 saturated carbocycles. The largest absolute Gasteiger partial charge is 0.399 e. The molecule has 0 fully saturated rings. The molecule has 0 spiro atoms. The Morgan fingerprint density at radius 2 is 2.24 bits per heavy atom. The first-order valence-electron chi connectivity index (χ1n) is 4.92. The van der Waals surface area contributed by atoms with Crippen molar-refractivity contribution in [2.75, 3.05) is 5.73 Å². The minimum Gasteiger partial charge on any atom is -0.399 e. The smallest absolute Gasteiger partial charge is 0.251 e. The first-order valence-corrected chi connectivity index (χ1v) is 5.30. The average molecular weight is 251 g/mol. The molecule has 17 heavy (non-hydrogen) atoms. The first-order chi connectivity index (χ1) is 8.06. The van der Waals surface area contributed by atoms with Gasteiger partial charge in [0.25, 0.3) is 5.91 Å². The molecule has 1 aromatic carbocycles. The fourth-order valence-corrected chi connectivity index (χ4v) is 1.69. The van der Waals surface area contributed by atoms with Crippen molar-refractivity contribution in [1.29, 1.82) is 0 Å². The molecule has 2 rings (SSSR count). The van der Waals surface area contributed by atoms with Crippen LogP contribution in [0.25, 0.3) is 0 Å². The van der Waals surface area contributed by atoms with Crippen LogP contribution >= 0.6 is 11.6 Å². The third-order valence-electron chi connectivity index (χ3n) is 2.33. The van der Waals surface area contributed by atoms with Crippen LogP contribution in [0, 0.1) is 0 Å². The molecule has 2 aromatic rings. The fourth-order valence-electron chi connectivity index (χ4n) is 1.44. The van der Waals surface area contributed by atoms with Crippen molar-refractivity contribution in [2.24, 2.45) is 5.73 Å². The van der Waals surface area contributed by atoms with E-state index in [1.807, 2.05) is 6.07 Å². The summed E-state index contributed by atoms with van der Waals surface area (Å²) in [6, 6.07) is 5.26. The Kier molecular flexibility index (Phi) is 3.01. The number of primary amides is 1. The van der Waals surface area contributed by atoms with E-state index in [-0.39, 0.29) is 0 Å². The van der Waals surface area contributed by atoms with E-state index in [4.69, 9.17) is 23.1 Å². The number of nitrogens with zero attached hydrogens (tertiary/aromatic N) is 2. The standard InChI is InChI=1S/C11H11ClN4O/c12-10-3-9(13)2-1-7(10)5-16-6-8(4-15-16)11(14)17/h1-4,6H,5,13H2,(H2,14,17). The highest BCUT2D eigenvalue weighted by Crippen LogP contribution is 2.19. The van der Waals surface area contributed by atoms with Crippen molar-refractivity contribution in [2.45, 2.75) is 6.54 Å². The number of hydrogen-bond acceptors (Lipinski definition) is 3. The fraction of sp³-hybridized carbons (Fsp3) is 0.0909. The maximum absolute atomic E-state index is 10.9. The summed E-state index contributed by atoms with van der Waals surface area (Å²) in [5.41, 5.74) is 12.6. The van der Waals surface area contributed by atoms with Gasteiger partial charge in [-0.1, -0.05) is 17.7 Å². The van der Waals surface area contributed by atoms with Gasteiger partial charge in [0.1, 0.15) is 0 Å². The number of benzene rings is 1. The first kappa shape index (κ1) is 11.5. The zero-order valence-electron chi connectivity index (χ0n) is 8.93. The highest BCUT2D eigenvalue weighted by molar-refractivity contribution is 6.31. The van der Waals surface area contributed by atoms with Gasteiger partial charge in [-0.2, -0.15) is 5.10 Å². The van der Waals surface area contributed by atoms with Gasteiger partial charge in [-0.25, -0.2) is 0 Å². The normalized spacial score (nSPS) is 10.4. The molecule has 0 aliphatic heterocycles. The van der Waals surface area contributed by atoms with Crippen molar-refractivity contribution in [3.8, 4) is 0 Å². The predicted molar refractivity (Wildman–Crippen MR) is 65.7 cm³/mol. The number of nitrogen functional groups attached to an aromatic ring is 1. The Balaban J connectivity index is 2.22. The number of nitrogens with two attached hydrogens (primary N) is 2. The third kappa shape index (κ3) is 2.57. The molecule has 5 nitrogen and oxygen atoms in total. The van der Waals surface area contributed by atoms with Crippen LogP contribution in [-0.2, 0) is 6.54 Å². The van der Waals surface area contributed by atoms with E-state index < -0.39 is 5.91 Å². The van der Waals surface area contributed by atoms with E-state index >= 15 is 0 Å². The van der Waals surface area contributed by atoms with Gasteiger partial charge in [0.15, 0.2) is 0 Å². The second kappa shape index (κ2) is 4.47. The van der Waals surface area contributed by atoms with E-state index in [2.05, 4.69) is 5.10 Å². The molecule has 6 heteroatoms. The molecule has 4 N–H and O–H groups in total. The average Bonchev–Trinajstić information content (AvgIpc) is 2.71. The SMILES string of the molecule is NC(=O)c1cnn(Cc2ccc(N)cc2Cl)c1. The maximum atomic E-state index is 10.9. The molecule has 0 aliphatic carbocycles. The lowest BCUT2D eigenvalue weighted by Gasteiger charge is -2.05. The Morgan fingerprint density at radius 1 is 1.47 bits per heavy atom. The van der Waals surface area contributed by atoms with E-state index in [9.17, 15) is 4.79 Å². The van der Waals surface area contributed by atoms with Crippen LogP contribution in [0.3, 0.4) is 0 Å². The van der Waals surface area contributed by atoms with Crippen molar-refractivity contribution in [1.82, 2.24) is 9.78 Å². The molecule has 1 aromatic heterocycles. The van der Waals surface area contributed by atoms with E-state index in [0.29, 0.717) is 22.8 Å². The molecular weight excluding hydrogens is 240 g/mol. The summed E-state index contributed by atoms with van der Waals surface area (Å²) in [6.45, 7) is 0.465. The van der Waals surface area contributed by atoms with Gasteiger partial charge in [0.05, 0.1) is 18.3 Å². The lowest BCUT2D eigenvalue weighted by atomic mass is 10.2. The minimum absolute atomic E-state index is 0.372. The lowest BCUT2D eigenvalue weighted by molar-refractivity contribution is 0.1000. The van der Waals surface area contributed by atoms with Gasteiger partial charge in [-0.05, 0) is 17.7 Å². The minimum atomic E-state index is -0.500. The van der Waals surface area contributed by atoms with Crippen LogP contribution < -0.4 is 11.5 Å². The topological polar surface area (TPSA) is 86.9 Å². The Morgan fingerprint density at radius 3 is 2.82 bits per heavy atom. The second-order valence-electron chi connectivity index (χ2n) is 3.64. The van der Waals surface area contributed by atoms with Gasteiger partial charge >= 0.3 is 0 Å². The van der Waals surface area contributed by atoms with Gasteiger partial charge in [0, 0.05) is 16.9 Å². The molecule has 88 valence electrons. The summed E-state index contributed by atoms with van der Waals surface area (Å²) in [5, 5.41) is 4.59. The second-order valence-corrected chi connectivity index (χ2v) is 4.05. The van der Waals surface area contributed by atoms with Crippen LogP contribution in [-0.4, -0.2) is 15.7 Å². The molecule has 0 atom stereocenters. The van der Waals surface area contributed by atoms with E-state index in [0.717, 1.165) is 5.56 Å². The van der Waals surface area contributed by atoms with Gasteiger partial charge < -0.3 is 11.5 Å². The van der Waals surface area contributed by atoms with Crippen LogP contribution in [0.2, 0.25) is 5.02 Å². The molecule has 0 saturated heterocycles. The zero-order chi connectivity index (χ0) is 12.4. The number of rotatable bonds is 3. The van der Waals surface area contributed by atoms with Crippen LogP contribution in [0.4, 0.5) is 5.69 Å². The molecule has 1 amide bonds.